The molecule has 1 aliphatic rings. The lowest BCUT2D eigenvalue weighted by Gasteiger charge is -2.23. The molecule has 1 unspecified atom stereocenters. The van der Waals surface area contributed by atoms with Gasteiger partial charge in [0.15, 0.2) is 0 Å². The van der Waals surface area contributed by atoms with Crippen LogP contribution in [0.15, 0.2) is 24.3 Å². The lowest BCUT2D eigenvalue weighted by molar-refractivity contribution is -0.137. The molecule has 2 N–H and O–H groups in total. The Morgan fingerprint density at radius 3 is 2.47 bits per heavy atom. The summed E-state index contributed by atoms with van der Waals surface area (Å²) in [5.74, 6) is 0.0487. The third-order valence-corrected chi connectivity index (χ3v) is 3.14. The maximum Gasteiger partial charge on any atom is 0.416 e. The molecule has 6 heteroatoms. The first-order valence-corrected chi connectivity index (χ1v) is 6.11. The Morgan fingerprint density at radius 2 is 1.95 bits per heavy atom. The summed E-state index contributed by atoms with van der Waals surface area (Å²) in [5, 5.41) is 5.97. The Kier molecular flexibility index (Phi) is 4.09. The fourth-order valence-electron chi connectivity index (χ4n) is 1.98. The first-order valence-electron chi connectivity index (χ1n) is 6.11. The van der Waals surface area contributed by atoms with E-state index in [4.69, 9.17) is 0 Å². The van der Waals surface area contributed by atoms with Crippen molar-refractivity contribution >= 4 is 5.91 Å². The van der Waals surface area contributed by atoms with Gasteiger partial charge in [0.2, 0.25) is 5.91 Å². The molecular weight excluding hydrogens is 257 g/mol. The minimum absolute atomic E-state index is 0.0487. The normalized spacial score (nSPS) is 20.2. The molecule has 0 radical (unpaired) electrons. The van der Waals surface area contributed by atoms with Crippen molar-refractivity contribution in [2.75, 3.05) is 6.54 Å². The first kappa shape index (κ1) is 13.9. The minimum atomic E-state index is -4.29. The lowest BCUT2D eigenvalue weighted by Crippen LogP contribution is -2.45. The highest BCUT2D eigenvalue weighted by atomic mass is 19.4. The molecule has 0 aromatic heterocycles. The van der Waals surface area contributed by atoms with Crippen molar-refractivity contribution in [1.29, 1.82) is 0 Å². The third-order valence-electron chi connectivity index (χ3n) is 3.14. The number of hydrogen-bond acceptors (Lipinski definition) is 2. The van der Waals surface area contributed by atoms with E-state index in [-0.39, 0.29) is 11.9 Å². The summed E-state index contributed by atoms with van der Waals surface area (Å²) < 4.78 is 37.1. The SMILES string of the molecule is O=C1CCC(NCc2ccc(C(F)(F)F)cc2)CN1. The van der Waals surface area contributed by atoms with E-state index < -0.39 is 11.7 Å². The molecule has 1 aromatic rings. The summed E-state index contributed by atoms with van der Waals surface area (Å²) in [7, 11) is 0. The highest BCUT2D eigenvalue weighted by Gasteiger charge is 2.29. The number of carbonyl (C=O) groups is 1. The first-order chi connectivity index (χ1) is 8.95. The molecule has 0 spiro atoms. The molecule has 0 bridgehead atoms. The number of piperidine rings is 1. The average molecular weight is 272 g/mol. The van der Waals surface area contributed by atoms with Gasteiger partial charge in [0.05, 0.1) is 5.56 Å². The third kappa shape index (κ3) is 3.96. The fourth-order valence-corrected chi connectivity index (χ4v) is 1.98. The van der Waals surface area contributed by atoms with Gasteiger partial charge in [0.1, 0.15) is 0 Å². The summed E-state index contributed by atoms with van der Waals surface area (Å²) in [4.78, 5) is 11.0. The van der Waals surface area contributed by atoms with Crippen molar-refractivity contribution in [3.63, 3.8) is 0 Å². The van der Waals surface area contributed by atoms with Crippen LogP contribution in [0.25, 0.3) is 0 Å². The van der Waals surface area contributed by atoms with Crippen molar-refractivity contribution in [3.8, 4) is 0 Å². The smallest absolute Gasteiger partial charge is 0.355 e. The van der Waals surface area contributed by atoms with E-state index in [1.807, 2.05) is 0 Å². The van der Waals surface area contributed by atoms with Gasteiger partial charge in [-0.1, -0.05) is 12.1 Å². The highest BCUT2D eigenvalue weighted by Crippen LogP contribution is 2.29. The number of hydrogen-bond donors (Lipinski definition) is 2. The molecule has 1 fully saturated rings. The topological polar surface area (TPSA) is 41.1 Å². The molecule has 19 heavy (non-hydrogen) atoms. The number of rotatable bonds is 3. The van der Waals surface area contributed by atoms with Crippen LogP contribution in [0.4, 0.5) is 13.2 Å². The number of alkyl halides is 3. The lowest BCUT2D eigenvalue weighted by atomic mass is 10.1. The number of nitrogens with one attached hydrogen (secondary N) is 2. The highest BCUT2D eigenvalue weighted by molar-refractivity contribution is 5.76. The zero-order chi connectivity index (χ0) is 13.9. The van der Waals surface area contributed by atoms with E-state index in [1.54, 1.807) is 0 Å². The van der Waals surface area contributed by atoms with Gasteiger partial charge in [-0.2, -0.15) is 13.2 Å². The van der Waals surface area contributed by atoms with Gasteiger partial charge in [0.25, 0.3) is 0 Å². The van der Waals surface area contributed by atoms with Crippen LogP contribution >= 0.6 is 0 Å². The quantitative estimate of drug-likeness (QED) is 0.884. The Labute approximate surface area is 109 Å². The molecule has 104 valence electrons. The molecule has 1 saturated heterocycles. The van der Waals surface area contributed by atoms with Crippen LogP contribution in [0.3, 0.4) is 0 Å². The number of carbonyl (C=O) groups excluding carboxylic acids is 1. The van der Waals surface area contributed by atoms with Crippen LogP contribution in [0, 0.1) is 0 Å². The largest absolute Gasteiger partial charge is 0.416 e. The van der Waals surface area contributed by atoms with Crippen LogP contribution in [0.2, 0.25) is 0 Å². The summed E-state index contributed by atoms with van der Waals surface area (Å²) in [5.41, 5.74) is 0.158. The summed E-state index contributed by atoms with van der Waals surface area (Å²) >= 11 is 0. The van der Waals surface area contributed by atoms with Gasteiger partial charge in [-0.3, -0.25) is 4.79 Å². The maximum absolute atomic E-state index is 12.4. The number of benzene rings is 1. The number of amides is 1. The second-order valence-electron chi connectivity index (χ2n) is 4.62. The predicted octanol–water partition coefficient (Wildman–Crippen LogP) is 2.07. The van der Waals surface area contributed by atoms with E-state index in [9.17, 15) is 18.0 Å². The Hall–Kier alpha value is -1.56. The van der Waals surface area contributed by atoms with Crippen molar-refractivity contribution in [2.45, 2.75) is 31.6 Å². The Bertz CT molecular complexity index is 432. The average Bonchev–Trinajstić information content (AvgIpc) is 2.37. The van der Waals surface area contributed by atoms with Crippen LogP contribution in [0.1, 0.15) is 24.0 Å². The van der Waals surface area contributed by atoms with E-state index >= 15 is 0 Å². The van der Waals surface area contributed by atoms with Crippen molar-refractivity contribution in [2.24, 2.45) is 0 Å². The molecule has 3 nitrogen and oxygen atoms in total. The molecule has 1 aliphatic heterocycles. The second-order valence-corrected chi connectivity index (χ2v) is 4.62. The van der Waals surface area contributed by atoms with Crippen LogP contribution in [-0.2, 0) is 17.5 Å². The molecule has 0 aliphatic carbocycles. The zero-order valence-corrected chi connectivity index (χ0v) is 10.3. The van der Waals surface area contributed by atoms with Gasteiger partial charge in [-0.25, -0.2) is 0 Å². The predicted molar refractivity (Wildman–Crippen MR) is 64.3 cm³/mol. The van der Waals surface area contributed by atoms with Crippen LogP contribution in [0.5, 0.6) is 0 Å². The molecule has 1 atom stereocenters. The van der Waals surface area contributed by atoms with E-state index in [2.05, 4.69) is 10.6 Å². The van der Waals surface area contributed by atoms with Gasteiger partial charge in [0, 0.05) is 25.6 Å². The summed E-state index contributed by atoms with van der Waals surface area (Å²) in [6.07, 6.45) is -3.04. The van der Waals surface area contributed by atoms with Gasteiger partial charge >= 0.3 is 6.18 Å². The van der Waals surface area contributed by atoms with Gasteiger partial charge in [-0.05, 0) is 24.1 Å². The Morgan fingerprint density at radius 1 is 1.26 bits per heavy atom. The van der Waals surface area contributed by atoms with Crippen molar-refractivity contribution in [1.82, 2.24) is 10.6 Å². The molecule has 0 saturated carbocycles. The fraction of sp³-hybridized carbons (Fsp3) is 0.462. The molecule has 1 amide bonds. The Balaban J connectivity index is 1.85. The maximum atomic E-state index is 12.4. The van der Waals surface area contributed by atoms with E-state index in [0.717, 1.165) is 24.1 Å². The monoisotopic (exact) mass is 272 g/mol. The van der Waals surface area contributed by atoms with Crippen LogP contribution in [-0.4, -0.2) is 18.5 Å². The summed E-state index contributed by atoms with van der Waals surface area (Å²) in [6, 6.07) is 5.29. The minimum Gasteiger partial charge on any atom is -0.355 e. The van der Waals surface area contributed by atoms with E-state index in [1.165, 1.54) is 12.1 Å². The van der Waals surface area contributed by atoms with Gasteiger partial charge < -0.3 is 10.6 Å². The molecule has 2 rings (SSSR count). The second kappa shape index (κ2) is 5.61. The zero-order valence-electron chi connectivity index (χ0n) is 10.3. The van der Waals surface area contributed by atoms with Crippen LogP contribution < -0.4 is 10.6 Å². The molecular formula is C13H15F3N2O. The molecule has 1 aromatic carbocycles. The molecule has 1 heterocycles. The van der Waals surface area contributed by atoms with Crippen molar-refractivity contribution < 1.29 is 18.0 Å². The standard InChI is InChI=1S/C13H15F3N2O/c14-13(15,16)10-3-1-9(2-4-10)7-17-11-5-6-12(19)18-8-11/h1-4,11,17H,5-8H2,(H,18,19). The van der Waals surface area contributed by atoms with E-state index in [0.29, 0.717) is 19.5 Å². The summed E-state index contributed by atoms with van der Waals surface area (Å²) in [6.45, 7) is 1.07. The van der Waals surface area contributed by atoms with Crippen molar-refractivity contribution in [3.05, 3.63) is 35.4 Å². The number of halogens is 3. The van der Waals surface area contributed by atoms with Gasteiger partial charge in [-0.15, -0.1) is 0 Å².